The van der Waals surface area contributed by atoms with Crippen LogP contribution in [0.15, 0.2) is 0 Å². The van der Waals surface area contributed by atoms with Gasteiger partial charge < -0.3 is 19.3 Å². The molecule has 0 aliphatic rings. The van der Waals surface area contributed by atoms with Crippen molar-refractivity contribution in [3.63, 3.8) is 0 Å². The molecule has 96 valence electrons. The molecule has 5 heteroatoms. The highest BCUT2D eigenvalue weighted by Gasteiger charge is 2.04. The second-order valence-corrected chi connectivity index (χ2v) is 3.57. The molecule has 1 unspecified atom stereocenters. The highest BCUT2D eigenvalue weighted by Crippen LogP contribution is 2.02. The van der Waals surface area contributed by atoms with E-state index in [9.17, 15) is 4.79 Å². The van der Waals surface area contributed by atoms with Gasteiger partial charge in [0.1, 0.15) is 0 Å². The van der Waals surface area contributed by atoms with Gasteiger partial charge in [-0.1, -0.05) is 0 Å². The van der Waals surface area contributed by atoms with Gasteiger partial charge in [0, 0.05) is 26.7 Å². The molecular formula is C11H22O5. The van der Waals surface area contributed by atoms with Crippen LogP contribution in [0.3, 0.4) is 0 Å². The molecule has 0 bridgehead atoms. The normalized spacial score (nSPS) is 12.6. The summed E-state index contributed by atoms with van der Waals surface area (Å²) < 4.78 is 15.5. The summed E-state index contributed by atoms with van der Waals surface area (Å²) in [5, 5.41) is 8.47. The molecule has 0 aliphatic heterocycles. The Morgan fingerprint density at radius 1 is 1.25 bits per heavy atom. The van der Waals surface area contributed by atoms with Crippen molar-refractivity contribution in [3.05, 3.63) is 0 Å². The fourth-order valence-corrected chi connectivity index (χ4v) is 1.10. The summed E-state index contributed by atoms with van der Waals surface area (Å²) in [5.41, 5.74) is 0. The SMILES string of the molecule is COCCOCCCOC(C)CCC(=O)O. The number of carboxylic acids is 1. The van der Waals surface area contributed by atoms with Crippen LogP contribution in [0, 0.1) is 0 Å². The van der Waals surface area contributed by atoms with Gasteiger partial charge >= 0.3 is 5.97 Å². The molecule has 1 atom stereocenters. The topological polar surface area (TPSA) is 65.0 Å². The molecule has 0 rings (SSSR count). The third kappa shape index (κ3) is 11.4. The number of hydrogen-bond acceptors (Lipinski definition) is 4. The zero-order valence-corrected chi connectivity index (χ0v) is 10.1. The van der Waals surface area contributed by atoms with Gasteiger partial charge in [0.05, 0.1) is 19.3 Å². The van der Waals surface area contributed by atoms with Crippen molar-refractivity contribution in [3.8, 4) is 0 Å². The van der Waals surface area contributed by atoms with Gasteiger partial charge in [0.25, 0.3) is 0 Å². The predicted octanol–water partition coefficient (Wildman–Crippen LogP) is 1.31. The standard InChI is InChI=1S/C11H22O5/c1-10(4-5-11(12)13)16-7-3-6-15-9-8-14-2/h10H,3-9H2,1-2H3,(H,12,13). The van der Waals surface area contributed by atoms with Crippen LogP contribution in [0.4, 0.5) is 0 Å². The Hall–Kier alpha value is -0.650. The van der Waals surface area contributed by atoms with Crippen molar-refractivity contribution in [2.75, 3.05) is 33.5 Å². The van der Waals surface area contributed by atoms with Crippen LogP contribution in [0.25, 0.3) is 0 Å². The van der Waals surface area contributed by atoms with Crippen molar-refractivity contribution < 1.29 is 24.1 Å². The molecule has 0 aromatic heterocycles. The van der Waals surface area contributed by atoms with E-state index in [4.69, 9.17) is 19.3 Å². The molecule has 0 spiro atoms. The number of ether oxygens (including phenoxy) is 3. The Morgan fingerprint density at radius 2 is 2.00 bits per heavy atom. The first-order valence-corrected chi connectivity index (χ1v) is 5.57. The molecule has 0 fully saturated rings. The van der Waals surface area contributed by atoms with Crippen LogP contribution >= 0.6 is 0 Å². The monoisotopic (exact) mass is 234 g/mol. The van der Waals surface area contributed by atoms with E-state index in [0.29, 0.717) is 32.8 Å². The minimum atomic E-state index is -0.779. The third-order valence-electron chi connectivity index (χ3n) is 2.03. The summed E-state index contributed by atoms with van der Waals surface area (Å²) >= 11 is 0. The smallest absolute Gasteiger partial charge is 0.303 e. The predicted molar refractivity (Wildman–Crippen MR) is 59.6 cm³/mol. The lowest BCUT2D eigenvalue weighted by Gasteiger charge is -2.11. The number of hydrogen-bond donors (Lipinski definition) is 1. The van der Waals surface area contributed by atoms with E-state index in [1.807, 2.05) is 6.92 Å². The fraction of sp³-hybridized carbons (Fsp3) is 0.909. The first-order chi connectivity index (χ1) is 7.66. The van der Waals surface area contributed by atoms with Gasteiger partial charge in [-0.3, -0.25) is 4.79 Å². The van der Waals surface area contributed by atoms with E-state index < -0.39 is 5.97 Å². The van der Waals surface area contributed by atoms with Crippen molar-refractivity contribution >= 4 is 5.97 Å². The van der Waals surface area contributed by atoms with Crippen LogP contribution in [0.1, 0.15) is 26.2 Å². The van der Waals surface area contributed by atoms with E-state index in [1.54, 1.807) is 7.11 Å². The minimum absolute atomic E-state index is 0.00456. The average molecular weight is 234 g/mol. The lowest BCUT2D eigenvalue weighted by atomic mass is 10.2. The number of carbonyl (C=O) groups is 1. The summed E-state index contributed by atoms with van der Waals surface area (Å²) in [6.45, 7) is 4.35. The molecule has 0 aromatic rings. The molecule has 0 radical (unpaired) electrons. The number of rotatable bonds is 11. The highest BCUT2D eigenvalue weighted by atomic mass is 16.5. The van der Waals surface area contributed by atoms with Gasteiger partial charge in [-0.15, -0.1) is 0 Å². The first kappa shape index (κ1) is 15.3. The minimum Gasteiger partial charge on any atom is -0.481 e. The summed E-state index contributed by atoms with van der Waals surface area (Å²) in [5.74, 6) is -0.779. The zero-order chi connectivity index (χ0) is 12.2. The maximum Gasteiger partial charge on any atom is 0.303 e. The summed E-state index contributed by atoms with van der Waals surface area (Å²) in [6, 6.07) is 0. The maximum absolute atomic E-state index is 10.3. The molecule has 0 heterocycles. The van der Waals surface area contributed by atoms with Crippen molar-refractivity contribution in [1.82, 2.24) is 0 Å². The van der Waals surface area contributed by atoms with E-state index >= 15 is 0 Å². The van der Waals surface area contributed by atoms with Crippen LogP contribution in [-0.2, 0) is 19.0 Å². The Kier molecular flexibility index (Phi) is 10.4. The molecule has 0 aromatic carbocycles. The number of aliphatic carboxylic acids is 1. The Bertz CT molecular complexity index is 172. The third-order valence-corrected chi connectivity index (χ3v) is 2.03. The number of carboxylic acid groups (broad SMARTS) is 1. The van der Waals surface area contributed by atoms with Crippen molar-refractivity contribution in [2.45, 2.75) is 32.3 Å². The lowest BCUT2D eigenvalue weighted by Crippen LogP contribution is -2.13. The Morgan fingerprint density at radius 3 is 2.62 bits per heavy atom. The van der Waals surface area contributed by atoms with Gasteiger partial charge in [-0.25, -0.2) is 0 Å². The average Bonchev–Trinajstić information content (AvgIpc) is 2.25. The van der Waals surface area contributed by atoms with Crippen LogP contribution in [-0.4, -0.2) is 50.7 Å². The Balaban J connectivity index is 3.15. The van der Waals surface area contributed by atoms with Crippen LogP contribution in [0.2, 0.25) is 0 Å². The second-order valence-electron chi connectivity index (χ2n) is 3.57. The zero-order valence-electron chi connectivity index (χ0n) is 10.1. The molecule has 5 nitrogen and oxygen atoms in total. The van der Waals surface area contributed by atoms with Gasteiger partial charge in [-0.2, -0.15) is 0 Å². The summed E-state index contributed by atoms with van der Waals surface area (Å²) in [4.78, 5) is 10.3. The lowest BCUT2D eigenvalue weighted by molar-refractivity contribution is -0.137. The number of methoxy groups -OCH3 is 1. The van der Waals surface area contributed by atoms with E-state index in [1.165, 1.54) is 0 Å². The molecule has 0 aliphatic carbocycles. The van der Waals surface area contributed by atoms with E-state index in [2.05, 4.69) is 0 Å². The van der Waals surface area contributed by atoms with Gasteiger partial charge in [-0.05, 0) is 19.8 Å². The largest absolute Gasteiger partial charge is 0.481 e. The molecule has 1 N–H and O–H groups in total. The molecule has 0 amide bonds. The van der Waals surface area contributed by atoms with Gasteiger partial charge in [0.2, 0.25) is 0 Å². The summed E-state index contributed by atoms with van der Waals surface area (Å²) in [6.07, 6.45) is 1.53. The molecule has 16 heavy (non-hydrogen) atoms. The molecular weight excluding hydrogens is 212 g/mol. The first-order valence-electron chi connectivity index (χ1n) is 5.57. The molecule has 0 saturated heterocycles. The Labute approximate surface area is 96.7 Å². The molecule has 0 saturated carbocycles. The van der Waals surface area contributed by atoms with Crippen LogP contribution in [0.5, 0.6) is 0 Å². The summed E-state index contributed by atoms with van der Waals surface area (Å²) in [7, 11) is 1.64. The highest BCUT2D eigenvalue weighted by molar-refractivity contribution is 5.66. The van der Waals surface area contributed by atoms with E-state index in [0.717, 1.165) is 6.42 Å². The maximum atomic E-state index is 10.3. The van der Waals surface area contributed by atoms with Crippen molar-refractivity contribution in [1.29, 1.82) is 0 Å². The quantitative estimate of drug-likeness (QED) is 0.546. The van der Waals surface area contributed by atoms with E-state index in [-0.39, 0.29) is 12.5 Å². The van der Waals surface area contributed by atoms with Crippen molar-refractivity contribution in [2.24, 2.45) is 0 Å². The fourth-order valence-electron chi connectivity index (χ4n) is 1.10. The second kappa shape index (κ2) is 10.9. The van der Waals surface area contributed by atoms with Crippen LogP contribution < -0.4 is 0 Å². The van der Waals surface area contributed by atoms with Gasteiger partial charge in [0.15, 0.2) is 0 Å².